The fourth-order valence-corrected chi connectivity index (χ4v) is 21.5. The molecule has 4 aliphatic rings. The minimum atomic E-state index is -0.315. The average molecular weight is 1590 g/mol. The molecule has 124 heavy (non-hydrogen) atoms. The van der Waals surface area contributed by atoms with E-state index in [0.29, 0.717) is 11.8 Å². The summed E-state index contributed by atoms with van der Waals surface area (Å²) >= 11 is 0. The topological polar surface area (TPSA) is 4.93 Å². The number of hydrogen-bond acceptors (Lipinski definition) is 0. The van der Waals surface area contributed by atoms with Crippen molar-refractivity contribution >= 4 is 75.7 Å². The molecule has 21 aromatic rings. The third-order valence-corrected chi connectivity index (χ3v) is 27.0. The largest absolute Gasteiger partial charge is 0.341 e. The predicted molar refractivity (Wildman–Crippen MR) is 528 cm³/mol. The molecule has 25 rings (SSSR count). The van der Waals surface area contributed by atoms with Crippen LogP contribution >= 0.6 is 0 Å². The van der Waals surface area contributed by atoms with Crippen molar-refractivity contribution in [3.63, 3.8) is 0 Å². The molecule has 1 heteroatoms. The molecule has 0 fully saturated rings. The molecule has 1 nitrogen and oxygen atoms in total. The van der Waals surface area contributed by atoms with E-state index in [1.165, 1.54) is 232 Å². The van der Waals surface area contributed by atoms with Crippen LogP contribution in [0.25, 0.3) is 131 Å². The lowest BCUT2D eigenvalue weighted by Crippen LogP contribution is -2.28. The number of aromatic nitrogens is 1. The zero-order chi connectivity index (χ0) is 83.7. The Balaban J connectivity index is 0.0000000960. The monoisotopic (exact) mass is 1590 g/mol. The van der Waals surface area contributed by atoms with Crippen molar-refractivity contribution in [1.29, 1.82) is 0 Å². The van der Waals surface area contributed by atoms with E-state index >= 15 is 0 Å². The summed E-state index contributed by atoms with van der Waals surface area (Å²) in [6.45, 7) is 16.4. The number of benzene rings is 20. The molecule has 594 valence electrons. The van der Waals surface area contributed by atoms with Crippen LogP contribution in [0.1, 0.15) is 133 Å². The van der Waals surface area contributed by atoms with Crippen molar-refractivity contribution in [3.05, 3.63) is 513 Å². The van der Waals surface area contributed by atoms with E-state index in [0.717, 1.165) is 6.54 Å². The quantitative estimate of drug-likeness (QED) is 0.150. The summed E-state index contributed by atoms with van der Waals surface area (Å²) in [7, 11) is 0. The summed E-state index contributed by atoms with van der Waals surface area (Å²) in [5.41, 5.74) is 39.6. The van der Waals surface area contributed by atoms with E-state index in [1.54, 1.807) is 0 Å². The SMILES string of the molecule is CCC1c2ccc(C)cc2-c2c1ccc1ccccc21.CCn1c2cc(C)ccc2c2c3ccccc3ccc21.Cc1ccc2c(c1)-c1c(ccc3ccccc13)C2(c1ccccc1)c1ccccc1.Cc1ccc2c(c1)-c1c(ccc3ccccc13)C2c1ccc(-c2ccccc2)cc1.Cc1ccc2c(c1)-c1c(ccc3ccccc13)C2c1ccccc1. The third kappa shape index (κ3) is 13.2. The van der Waals surface area contributed by atoms with Gasteiger partial charge in [0, 0.05) is 46.1 Å². The Morgan fingerprint density at radius 2 is 0.597 bits per heavy atom. The van der Waals surface area contributed by atoms with E-state index in [4.69, 9.17) is 0 Å². The highest BCUT2D eigenvalue weighted by atomic mass is 15.0. The second-order valence-electron chi connectivity index (χ2n) is 34.4. The zero-order valence-electron chi connectivity index (χ0n) is 71.4. The van der Waals surface area contributed by atoms with Crippen LogP contribution in [0.5, 0.6) is 0 Å². The van der Waals surface area contributed by atoms with Gasteiger partial charge >= 0.3 is 0 Å². The van der Waals surface area contributed by atoms with Gasteiger partial charge in [-0.25, -0.2) is 0 Å². The van der Waals surface area contributed by atoms with Crippen LogP contribution in [0.15, 0.2) is 419 Å². The number of fused-ring (bicyclic) bond motifs is 25. The fourth-order valence-electron chi connectivity index (χ4n) is 21.5. The van der Waals surface area contributed by atoms with Crippen molar-refractivity contribution in [1.82, 2.24) is 4.57 Å². The van der Waals surface area contributed by atoms with Gasteiger partial charge in [0.25, 0.3) is 0 Å². The first kappa shape index (κ1) is 76.9. The molecular formula is C123H97N. The molecule has 0 radical (unpaired) electrons. The first-order valence-corrected chi connectivity index (χ1v) is 44.2. The molecule has 0 saturated heterocycles. The van der Waals surface area contributed by atoms with Crippen molar-refractivity contribution in [2.24, 2.45) is 0 Å². The van der Waals surface area contributed by atoms with Crippen molar-refractivity contribution < 1.29 is 0 Å². The van der Waals surface area contributed by atoms with Crippen LogP contribution in [0.2, 0.25) is 0 Å². The highest BCUT2D eigenvalue weighted by Crippen LogP contribution is 2.59. The smallest absolute Gasteiger partial charge is 0.0713 e. The summed E-state index contributed by atoms with van der Waals surface area (Å²) in [5, 5.41) is 16.1. The van der Waals surface area contributed by atoms with Crippen molar-refractivity contribution in [2.45, 2.75) is 84.6 Å². The minimum Gasteiger partial charge on any atom is -0.341 e. The second-order valence-corrected chi connectivity index (χ2v) is 34.4. The van der Waals surface area contributed by atoms with Crippen LogP contribution in [-0.4, -0.2) is 4.57 Å². The molecule has 4 aliphatic carbocycles. The Bertz CT molecular complexity index is 7640. The van der Waals surface area contributed by atoms with E-state index in [1.807, 2.05) is 0 Å². The number of hydrogen-bond donors (Lipinski definition) is 0. The van der Waals surface area contributed by atoms with Gasteiger partial charge in [-0.15, -0.1) is 0 Å². The van der Waals surface area contributed by atoms with E-state index in [-0.39, 0.29) is 11.3 Å². The second kappa shape index (κ2) is 32.1. The van der Waals surface area contributed by atoms with Gasteiger partial charge in [-0.2, -0.15) is 0 Å². The van der Waals surface area contributed by atoms with Gasteiger partial charge < -0.3 is 4.57 Å². The van der Waals surface area contributed by atoms with Crippen molar-refractivity contribution in [3.8, 4) is 55.6 Å². The summed E-state index contributed by atoms with van der Waals surface area (Å²) in [6, 6.07) is 154. The summed E-state index contributed by atoms with van der Waals surface area (Å²) in [6.07, 6.45) is 1.17. The van der Waals surface area contributed by atoms with Gasteiger partial charge in [-0.3, -0.25) is 0 Å². The molecule has 3 unspecified atom stereocenters. The molecule has 0 bridgehead atoms. The first-order valence-electron chi connectivity index (χ1n) is 44.2. The van der Waals surface area contributed by atoms with Crippen molar-refractivity contribution in [2.75, 3.05) is 0 Å². The van der Waals surface area contributed by atoms with E-state index in [9.17, 15) is 0 Å². The number of nitrogens with zero attached hydrogens (tertiary/aromatic N) is 1. The standard InChI is InChI=1S/2C30H22.C24H18.C20H18.C19H17N/c1-21-16-18-27-26(20-21)29-25-15-9-8-10-22(25)17-19-28(29)30(27,23-11-4-2-5-12-23)24-13-6-3-7-14-24;1-20-11-17-26-28(19-20)30-25-10-6-5-9-23(25)16-18-27(30)29(26)24-14-12-22(13-15-24)21-7-3-2-4-8-21;1-16-11-13-20-22(15-16)24-19-10-6-5-7-17(19)12-14-21(24)23(20)18-8-3-2-4-9-18;1-3-15-17-10-8-13(2)12-19(17)20-16-7-5-4-6-14(16)9-11-18(15)20;1-3-20-17-11-9-14-6-4-5-7-15(14)19(17)16-10-8-13(2)12-18(16)20/h2-20H,1H3;2-19,29H,1H3;2-15,23H,1H3;4-12,15H,3H2,1-2H3;4-12H,3H2,1-2H3. The van der Waals surface area contributed by atoms with E-state index in [2.05, 4.69) is 472 Å². The van der Waals surface area contributed by atoms with Crippen LogP contribution in [0.3, 0.4) is 0 Å². The lowest BCUT2D eigenvalue weighted by Gasteiger charge is -2.34. The highest BCUT2D eigenvalue weighted by molar-refractivity contribution is 6.21. The Morgan fingerprint density at radius 1 is 0.242 bits per heavy atom. The molecule has 1 aromatic heterocycles. The van der Waals surface area contributed by atoms with E-state index < -0.39 is 0 Å². The molecular weight excluding hydrogens is 1490 g/mol. The Morgan fingerprint density at radius 3 is 1.10 bits per heavy atom. The van der Waals surface area contributed by atoms with Crippen LogP contribution in [0, 0.1) is 34.6 Å². The maximum absolute atomic E-state index is 2.42. The molecule has 0 N–H and O–H groups in total. The molecule has 0 spiro atoms. The van der Waals surface area contributed by atoms with Crippen LogP contribution in [-0.2, 0) is 12.0 Å². The molecule has 0 amide bonds. The van der Waals surface area contributed by atoms with Crippen LogP contribution in [0.4, 0.5) is 0 Å². The molecule has 3 atom stereocenters. The number of rotatable bonds is 7. The lowest BCUT2D eigenvalue weighted by molar-refractivity contribution is 0.769. The summed E-state index contributed by atoms with van der Waals surface area (Å²) < 4.78 is 2.42. The van der Waals surface area contributed by atoms with Gasteiger partial charge in [0.2, 0.25) is 0 Å². The van der Waals surface area contributed by atoms with Gasteiger partial charge in [0.15, 0.2) is 0 Å². The maximum atomic E-state index is 2.42. The molecule has 20 aromatic carbocycles. The normalized spacial score (nSPS) is 14.3. The average Bonchev–Trinajstić information content (AvgIpc) is 1.52. The predicted octanol–water partition coefficient (Wildman–Crippen LogP) is 32.7. The molecule has 0 aliphatic heterocycles. The Hall–Kier alpha value is -14.5. The molecule has 0 saturated carbocycles. The Labute approximate surface area is 728 Å². The minimum absolute atomic E-state index is 0.282. The Kier molecular flexibility index (Phi) is 19.9. The summed E-state index contributed by atoms with van der Waals surface area (Å²) in [5.74, 6) is 1.18. The highest BCUT2D eigenvalue weighted by Gasteiger charge is 2.47. The van der Waals surface area contributed by atoms with Gasteiger partial charge in [0.05, 0.1) is 5.41 Å². The van der Waals surface area contributed by atoms with Gasteiger partial charge in [-0.1, -0.05) is 436 Å². The fraction of sp³-hybridized carbons (Fsp3) is 0.106. The zero-order valence-corrected chi connectivity index (χ0v) is 71.4. The van der Waals surface area contributed by atoms with Gasteiger partial charge in [-0.05, 0) is 242 Å². The van der Waals surface area contributed by atoms with Gasteiger partial charge in [0.1, 0.15) is 0 Å². The summed E-state index contributed by atoms with van der Waals surface area (Å²) in [4.78, 5) is 0. The van der Waals surface area contributed by atoms with Crippen LogP contribution < -0.4 is 0 Å². The maximum Gasteiger partial charge on any atom is 0.0713 e. The third-order valence-electron chi connectivity index (χ3n) is 27.0. The lowest BCUT2D eigenvalue weighted by atomic mass is 9.67. The first-order chi connectivity index (χ1) is 61.0. The number of aryl methyl sites for hydroxylation is 6. The molecule has 1 heterocycles.